The van der Waals surface area contributed by atoms with Gasteiger partial charge in [0.2, 0.25) is 5.43 Å². The Kier molecular flexibility index (Phi) is 4.08. The summed E-state index contributed by atoms with van der Waals surface area (Å²) in [6, 6.07) is 18.5. The largest absolute Gasteiger partial charge is 0.319 e. The monoisotopic (exact) mass is 305 g/mol. The van der Waals surface area contributed by atoms with Gasteiger partial charge in [-0.2, -0.15) is 5.10 Å². The van der Waals surface area contributed by atoms with Gasteiger partial charge < -0.3 is 5.73 Å². The van der Waals surface area contributed by atoms with E-state index in [0.717, 1.165) is 22.5 Å². The van der Waals surface area contributed by atoms with Gasteiger partial charge >= 0.3 is 0 Å². The minimum Gasteiger partial charge on any atom is -0.319 e. The molecule has 2 aromatic carbocycles. The molecule has 0 aliphatic carbocycles. The molecule has 0 amide bonds. The Balaban J connectivity index is 2.15. The van der Waals surface area contributed by atoms with Crippen LogP contribution >= 0.6 is 0 Å². The molecule has 0 aliphatic rings. The van der Waals surface area contributed by atoms with Crippen LogP contribution < -0.4 is 11.2 Å². The van der Waals surface area contributed by atoms with Crippen molar-refractivity contribution < 1.29 is 0 Å². The number of hydrogen-bond donors (Lipinski definition) is 1. The molecule has 0 spiro atoms. The average Bonchev–Trinajstić information content (AvgIpc) is 2.56. The molecule has 23 heavy (non-hydrogen) atoms. The van der Waals surface area contributed by atoms with Gasteiger partial charge in [0.25, 0.3) is 0 Å². The molecule has 3 rings (SSSR count). The normalized spacial score (nSPS) is 12.1. The lowest BCUT2D eigenvalue weighted by molar-refractivity contribution is 0.706. The van der Waals surface area contributed by atoms with Crippen LogP contribution in [0, 0.1) is 13.8 Å². The van der Waals surface area contributed by atoms with Crippen molar-refractivity contribution in [1.82, 2.24) is 9.78 Å². The summed E-state index contributed by atoms with van der Waals surface area (Å²) in [6.45, 7) is 3.89. The maximum absolute atomic E-state index is 12.4. The third-order valence-corrected chi connectivity index (χ3v) is 3.93. The first kappa shape index (κ1) is 15.2. The second kappa shape index (κ2) is 6.18. The van der Waals surface area contributed by atoms with Crippen LogP contribution in [0.4, 0.5) is 0 Å². The summed E-state index contributed by atoms with van der Waals surface area (Å²) in [5.74, 6) is 0. The van der Waals surface area contributed by atoms with Gasteiger partial charge in [-0.25, -0.2) is 4.68 Å². The van der Waals surface area contributed by atoms with Gasteiger partial charge in [0.1, 0.15) is 5.69 Å². The van der Waals surface area contributed by atoms with Crippen molar-refractivity contribution in [1.29, 1.82) is 0 Å². The van der Waals surface area contributed by atoms with E-state index in [9.17, 15) is 4.79 Å². The minimum absolute atomic E-state index is 0.135. The Bertz CT molecular complexity index is 885. The quantitative estimate of drug-likeness (QED) is 0.809. The lowest BCUT2D eigenvalue weighted by Crippen LogP contribution is -2.26. The molecular weight excluding hydrogens is 286 g/mol. The molecule has 1 heterocycles. The van der Waals surface area contributed by atoms with Crippen molar-refractivity contribution in [2.24, 2.45) is 5.73 Å². The van der Waals surface area contributed by atoms with Gasteiger partial charge in [-0.15, -0.1) is 0 Å². The summed E-state index contributed by atoms with van der Waals surface area (Å²) in [7, 11) is 0. The van der Waals surface area contributed by atoms with Crippen molar-refractivity contribution in [2.75, 3.05) is 0 Å². The highest BCUT2D eigenvalue weighted by Gasteiger charge is 2.16. The molecule has 0 aliphatic heterocycles. The highest BCUT2D eigenvalue weighted by atomic mass is 16.1. The molecule has 1 aromatic heterocycles. The predicted octanol–water partition coefficient (Wildman–Crippen LogP) is 2.90. The average molecular weight is 305 g/mol. The van der Waals surface area contributed by atoms with E-state index < -0.39 is 6.04 Å². The van der Waals surface area contributed by atoms with E-state index in [4.69, 9.17) is 5.73 Å². The number of aromatic nitrogens is 2. The van der Waals surface area contributed by atoms with E-state index in [1.165, 1.54) is 0 Å². The third kappa shape index (κ3) is 2.94. The highest BCUT2D eigenvalue weighted by molar-refractivity contribution is 5.41. The van der Waals surface area contributed by atoms with Gasteiger partial charge in [0.05, 0.1) is 11.7 Å². The first-order valence-electron chi connectivity index (χ1n) is 7.55. The molecule has 0 saturated heterocycles. The predicted molar refractivity (Wildman–Crippen MR) is 91.8 cm³/mol. The van der Waals surface area contributed by atoms with Gasteiger partial charge in [-0.05, 0) is 31.0 Å². The van der Waals surface area contributed by atoms with Crippen LogP contribution in [0.1, 0.15) is 28.6 Å². The smallest absolute Gasteiger partial charge is 0.205 e. The van der Waals surface area contributed by atoms with Crippen LogP contribution in [-0.2, 0) is 0 Å². The standard InChI is InChI=1S/C19H19N3O/c1-13-8-6-7-11-16(13)22-14(2)12-17(23)19(21-22)18(20)15-9-4-3-5-10-15/h3-12,18H,20H2,1-2H3. The van der Waals surface area contributed by atoms with E-state index >= 15 is 0 Å². The molecule has 2 N–H and O–H groups in total. The molecule has 4 nitrogen and oxygen atoms in total. The van der Waals surface area contributed by atoms with E-state index in [2.05, 4.69) is 5.10 Å². The molecule has 1 atom stereocenters. The topological polar surface area (TPSA) is 60.9 Å². The summed E-state index contributed by atoms with van der Waals surface area (Å²) in [5, 5.41) is 4.56. The zero-order valence-electron chi connectivity index (χ0n) is 13.2. The van der Waals surface area contributed by atoms with E-state index in [1.54, 1.807) is 10.7 Å². The Labute approximate surface area is 135 Å². The van der Waals surface area contributed by atoms with Crippen LogP contribution in [0.2, 0.25) is 0 Å². The number of benzene rings is 2. The third-order valence-electron chi connectivity index (χ3n) is 3.93. The summed E-state index contributed by atoms with van der Waals surface area (Å²) in [5.41, 5.74) is 10.2. The number of hydrogen-bond acceptors (Lipinski definition) is 3. The van der Waals surface area contributed by atoms with E-state index in [1.807, 2.05) is 68.4 Å². The number of nitrogens with two attached hydrogens (primary N) is 1. The molecule has 4 heteroatoms. The minimum atomic E-state index is -0.542. The van der Waals surface area contributed by atoms with Crippen LogP contribution in [0.25, 0.3) is 5.69 Å². The van der Waals surface area contributed by atoms with Crippen LogP contribution in [0.3, 0.4) is 0 Å². The SMILES string of the molecule is Cc1ccccc1-n1nc(C(N)c2ccccc2)c(=O)cc1C. The second-order valence-electron chi connectivity index (χ2n) is 5.62. The maximum atomic E-state index is 12.4. The van der Waals surface area contributed by atoms with Crippen molar-refractivity contribution in [2.45, 2.75) is 19.9 Å². The fourth-order valence-electron chi connectivity index (χ4n) is 2.64. The zero-order valence-corrected chi connectivity index (χ0v) is 13.2. The van der Waals surface area contributed by atoms with Gasteiger partial charge in [0.15, 0.2) is 0 Å². The van der Waals surface area contributed by atoms with Gasteiger partial charge in [-0.1, -0.05) is 48.5 Å². The zero-order chi connectivity index (χ0) is 16.4. The fraction of sp³-hybridized carbons (Fsp3) is 0.158. The summed E-state index contributed by atoms with van der Waals surface area (Å²) < 4.78 is 1.79. The Morgan fingerprint density at radius 1 is 1.00 bits per heavy atom. The van der Waals surface area contributed by atoms with E-state index in [0.29, 0.717) is 5.69 Å². The number of rotatable bonds is 3. The van der Waals surface area contributed by atoms with Crippen molar-refractivity contribution in [3.05, 3.63) is 93.4 Å². The molecular formula is C19H19N3O. The number of aryl methyl sites for hydroxylation is 2. The molecule has 0 radical (unpaired) electrons. The Hall–Kier alpha value is -2.72. The molecule has 0 fully saturated rings. The molecule has 3 aromatic rings. The lowest BCUT2D eigenvalue weighted by Gasteiger charge is -2.16. The molecule has 0 saturated carbocycles. The molecule has 116 valence electrons. The summed E-state index contributed by atoms with van der Waals surface area (Å²) in [4.78, 5) is 12.4. The van der Waals surface area contributed by atoms with Crippen LogP contribution in [0.5, 0.6) is 0 Å². The summed E-state index contributed by atoms with van der Waals surface area (Å²) >= 11 is 0. The second-order valence-corrected chi connectivity index (χ2v) is 5.62. The number of para-hydroxylation sites is 1. The van der Waals surface area contributed by atoms with Crippen LogP contribution in [-0.4, -0.2) is 9.78 Å². The summed E-state index contributed by atoms with van der Waals surface area (Å²) in [6.07, 6.45) is 0. The first-order valence-corrected chi connectivity index (χ1v) is 7.55. The molecule has 0 bridgehead atoms. The Morgan fingerprint density at radius 2 is 1.65 bits per heavy atom. The Morgan fingerprint density at radius 3 is 2.35 bits per heavy atom. The van der Waals surface area contributed by atoms with E-state index in [-0.39, 0.29) is 5.43 Å². The van der Waals surface area contributed by atoms with Crippen molar-refractivity contribution >= 4 is 0 Å². The highest BCUT2D eigenvalue weighted by Crippen LogP contribution is 2.18. The lowest BCUT2D eigenvalue weighted by atomic mass is 10.0. The molecule has 1 unspecified atom stereocenters. The van der Waals surface area contributed by atoms with Crippen molar-refractivity contribution in [3.63, 3.8) is 0 Å². The fourth-order valence-corrected chi connectivity index (χ4v) is 2.64. The van der Waals surface area contributed by atoms with Gasteiger partial charge in [-0.3, -0.25) is 4.79 Å². The van der Waals surface area contributed by atoms with Crippen LogP contribution in [0.15, 0.2) is 65.5 Å². The first-order chi connectivity index (χ1) is 11.1. The maximum Gasteiger partial charge on any atom is 0.205 e. The van der Waals surface area contributed by atoms with Gasteiger partial charge in [0, 0.05) is 11.8 Å². The van der Waals surface area contributed by atoms with Crippen molar-refractivity contribution in [3.8, 4) is 5.69 Å². The number of nitrogens with zero attached hydrogens (tertiary/aromatic N) is 2.